The van der Waals surface area contributed by atoms with Crippen molar-refractivity contribution in [3.8, 4) is 0 Å². The number of hydrogen-bond acceptors (Lipinski definition) is 4. The lowest BCUT2D eigenvalue weighted by atomic mass is 10.1. The summed E-state index contributed by atoms with van der Waals surface area (Å²) in [4.78, 5) is 23.3. The fourth-order valence-corrected chi connectivity index (χ4v) is 2.21. The third kappa shape index (κ3) is 4.48. The summed E-state index contributed by atoms with van der Waals surface area (Å²) < 4.78 is 5.11. The molecule has 0 radical (unpaired) electrons. The molecule has 1 heterocycles. The lowest BCUT2D eigenvalue weighted by Crippen LogP contribution is -2.16. The van der Waals surface area contributed by atoms with E-state index in [1.807, 2.05) is 18.2 Å². The van der Waals surface area contributed by atoms with Crippen LogP contribution in [0.15, 0.2) is 30.3 Å². The van der Waals surface area contributed by atoms with Gasteiger partial charge in [-0.3, -0.25) is 9.59 Å². The van der Waals surface area contributed by atoms with E-state index < -0.39 is 0 Å². The standard InChI is InChI=1S/C15H19NO3/c17-14(13-4-2-1-3-5-13)7-9-19-15(18)10-12-6-8-16-11-12/h1-5,12,16H,6-11H2. The third-order valence-corrected chi connectivity index (χ3v) is 3.31. The van der Waals surface area contributed by atoms with Crippen molar-refractivity contribution in [1.82, 2.24) is 5.32 Å². The molecule has 1 aromatic rings. The van der Waals surface area contributed by atoms with Crippen LogP contribution in [0.1, 0.15) is 29.6 Å². The van der Waals surface area contributed by atoms with Crippen molar-refractivity contribution in [3.63, 3.8) is 0 Å². The molecule has 1 aliphatic rings. The molecule has 0 aliphatic carbocycles. The van der Waals surface area contributed by atoms with Gasteiger partial charge in [-0.2, -0.15) is 0 Å². The summed E-state index contributed by atoms with van der Waals surface area (Å²) >= 11 is 0. The molecule has 1 aromatic carbocycles. The fourth-order valence-electron chi connectivity index (χ4n) is 2.21. The summed E-state index contributed by atoms with van der Waals surface area (Å²) in [7, 11) is 0. The number of ketones is 1. The van der Waals surface area contributed by atoms with Crippen LogP contribution in [0.25, 0.3) is 0 Å². The van der Waals surface area contributed by atoms with Gasteiger partial charge in [-0.1, -0.05) is 30.3 Å². The van der Waals surface area contributed by atoms with E-state index >= 15 is 0 Å². The second-order valence-electron chi connectivity index (χ2n) is 4.82. The van der Waals surface area contributed by atoms with Gasteiger partial charge in [-0.25, -0.2) is 0 Å². The first kappa shape index (κ1) is 13.7. The Hall–Kier alpha value is -1.68. The molecular weight excluding hydrogens is 242 g/mol. The van der Waals surface area contributed by atoms with Crippen molar-refractivity contribution in [2.45, 2.75) is 19.3 Å². The highest BCUT2D eigenvalue weighted by molar-refractivity contribution is 5.96. The first-order chi connectivity index (χ1) is 9.25. The first-order valence-corrected chi connectivity index (χ1v) is 6.70. The number of carbonyl (C=O) groups excluding carboxylic acids is 2. The molecule has 1 atom stereocenters. The highest BCUT2D eigenvalue weighted by atomic mass is 16.5. The monoisotopic (exact) mass is 261 g/mol. The van der Waals surface area contributed by atoms with Crippen LogP contribution in [-0.4, -0.2) is 31.4 Å². The van der Waals surface area contributed by atoms with E-state index in [0.717, 1.165) is 19.5 Å². The number of nitrogens with one attached hydrogen (secondary N) is 1. The summed E-state index contributed by atoms with van der Waals surface area (Å²) in [5.74, 6) is 0.197. The van der Waals surface area contributed by atoms with Crippen LogP contribution in [-0.2, 0) is 9.53 Å². The van der Waals surface area contributed by atoms with Crippen LogP contribution in [0, 0.1) is 5.92 Å². The Balaban J connectivity index is 1.65. The van der Waals surface area contributed by atoms with Crippen molar-refractivity contribution in [2.75, 3.05) is 19.7 Å². The second-order valence-corrected chi connectivity index (χ2v) is 4.82. The minimum Gasteiger partial charge on any atom is -0.465 e. The Morgan fingerprint density at radius 1 is 1.26 bits per heavy atom. The Morgan fingerprint density at radius 3 is 2.74 bits per heavy atom. The zero-order valence-electron chi connectivity index (χ0n) is 10.9. The van der Waals surface area contributed by atoms with Crippen LogP contribution in [0.3, 0.4) is 0 Å². The lowest BCUT2D eigenvalue weighted by molar-refractivity contribution is -0.144. The molecule has 0 spiro atoms. The van der Waals surface area contributed by atoms with Crippen LogP contribution < -0.4 is 5.32 Å². The highest BCUT2D eigenvalue weighted by Crippen LogP contribution is 2.13. The molecule has 0 aromatic heterocycles. The predicted molar refractivity (Wildman–Crippen MR) is 71.9 cm³/mol. The van der Waals surface area contributed by atoms with E-state index in [-0.39, 0.29) is 24.8 Å². The molecule has 1 saturated heterocycles. The first-order valence-electron chi connectivity index (χ1n) is 6.70. The van der Waals surface area contributed by atoms with Gasteiger partial charge in [-0.15, -0.1) is 0 Å². The quantitative estimate of drug-likeness (QED) is 0.626. The molecule has 0 bridgehead atoms. The van der Waals surface area contributed by atoms with E-state index in [4.69, 9.17) is 4.74 Å². The maximum Gasteiger partial charge on any atom is 0.306 e. The van der Waals surface area contributed by atoms with Gasteiger partial charge in [0.15, 0.2) is 5.78 Å². The van der Waals surface area contributed by atoms with Crippen molar-refractivity contribution < 1.29 is 14.3 Å². The van der Waals surface area contributed by atoms with Gasteiger partial charge in [0.1, 0.15) is 0 Å². The van der Waals surface area contributed by atoms with Crippen molar-refractivity contribution in [2.24, 2.45) is 5.92 Å². The molecular formula is C15H19NO3. The fraction of sp³-hybridized carbons (Fsp3) is 0.467. The van der Waals surface area contributed by atoms with Gasteiger partial charge in [0.25, 0.3) is 0 Å². The van der Waals surface area contributed by atoms with E-state index in [1.54, 1.807) is 12.1 Å². The van der Waals surface area contributed by atoms with Crippen molar-refractivity contribution >= 4 is 11.8 Å². The number of esters is 1. The number of benzene rings is 1. The number of hydrogen-bond donors (Lipinski definition) is 1. The molecule has 102 valence electrons. The smallest absolute Gasteiger partial charge is 0.306 e. The summed E-state index contributed by atoms with van der Waals surface area (Å²) in [5.41, 5.74) is 0.665. The van der Waals surface area contributed by atoms with Crippen LogP contribution in [0.4, 0.5) is 0 Å². The molecule has 0 amide bonds. The average molecular weight is 261 g/mol. The largest absolute Gasteiger partial charge is 0.465 e. The summed E-state index contributed by atoms with van der Waals surface area (Å²) in [5, 5.41) is 3.21. The van der Waals surface area contributed by atoms with E-state index in [1.165, 1.54) is 0 Å². The second kappa shape index (κ2) is 7.04. The topological polar surface area (TPSA) is 55.4 Å². The van der Waals surface area contributed by atoms with Gasteiger partial charge in [0.2, 0.25) is 0 Å². The Kier molecular flexibility index (Phi) is 5.10. The van der Waals surface area contributed by atoms with Crippen LogP contribution in [0.2, 0.25) is 0 Å². The zero-order valence-corrected chi connectivity index (χ0v) is 10.9. The Bertz CT molecular complexity index is 424. The molecule has 4 nitrogen and oxygen atoms in total. The Morgan fingerprint density at radius 2 is 2.05 bits per heavy atom. The molecule has 1 N–H and O–H groups in total. The van der Waals surface area contributed by atoms with Gasteiger partial charge in [0, 0.05) is 18.4 Å². The SMILES string of the molecule is O=C(CC1CCNC1)OCCC(=O)c1ccccc1. The lowest BCUT2D eigenvalue weighted by Gasteiger charge is -2.08. The number of rotatable bonds is 6. The summed E-state index contributed by atoms with van der Waals surface area (Å²) in [6.45, 7) is 2.04. The zero-order chi connectivity index (χ0) is 13.5. The highest BCUT2D eigenvalue weighted by Gasteiger charge is 2.18. The maximum atomic E-state index is 11.8. The van der Waals surface area contributed by atoms with Crippen LogP contribution >= 0.6 is 0 Å². The Labute approximate surface area is 113 Å². The van der Waals surface area contributed by atoms with Gasteiger partial charge in [-0.05, 0) is 25.4 Å². The van der Waals surface area contributed by atoms with E-state index in [2.05, 4.69) is 5.32 Å². The normalized spacial score (nSPS) is 18.2. The predicted octanol–water partition coefficient (Wildman–Crippen LogP) is 1.80. The molecule has 1 aliphatic heterocycles. The minimum atomic E-state index is -0.199. The van der Waals surface area contributed by atoms with Crippen molar-refractivity contribution in [1.29, 1.82) is 0 Å². The molecule has 1 unspecified atom stereocenters. The number of Topliss-reactive ketones (excluding diaryl/α,β-unsaturated/α-hetero) is 1. The number of ether oxygens (including phenoxy) is 1. The van der Waals surface area contributed by atoms with Gasteiger partial charge >= 0.3 is 5.97 Å². The molecule has 4 heteroatoms. The molecule has 1 fully saturated rings. The minimum absolute atomic E-state index is 0.0101. The maximum absolute atomic E-state index is 11.8. The van der Waals surface area contributed by atoms with Gasteiger partial charge in [0.05, 0.1) is 6.61 Å². The van der Waals surface area contributed by atoms with Crippen LogP contribution in [0.5, 0.6) is 0 Å². The van der Waals surface area contributed by atoms with Crippen molar-refractivity contribution in [3.05, 3.63) is 35.9 Å². The third-order valence-electron chi connectivity index (χ3n) is 3.31. The van der Waals surface area contributed by atoms with E-state index in [9.17, 15) is 9.59 Å². The summed E-state index contributed by atoms with van der Waals surface area (Å²) in [6, 6.07) is 9.06. The average Bonchev–Trinajstić information content (AvgIpc) is 2.92. The molecule has 2 rings (SSSR count). The molecule has 0 saturated carbocycles. The summed E-state index contributed by atoms with van der Waals surface area (Å²) in [6.07, 6.45) is 1.73. The van der Waals surface area contributed by atoms with E-state index in [0.29, 0.717) is 17.9 Å². The van der Waals surface area contributed by atoms with Gasteiger partial charge < -0.3 is 10.1 Å². The number of carbonyl (C=O) groups is 2. The molecule has 19 heavy (non-hydrogen) atoms.